The van der Waals surface area contributed by atoms with Crippen molar-refractivity contribution < 1.29 is 20.1 Å². The molecule has 0 heterocycles. The van der Waals surface area contributed by atoms with Gasteiger partial charge in [-0.1, -0.05) is 231 Å². The van der Waals surface area contributed by atoms with E-state index in [2.05, 4.69) is 43.5 Å². The van der Waals surface area contributed by atoms with Crippen LogP contribution in [-0.2, 0) is 4.79 Å². The average molecular weight is 776 g/mol. The van der Waals surface area contributed by atoms with Crippen LogP contribution in [0.5, 0.6) is 0 Å². The number of allylic oxidation sites excluding steroid dienone is 4. The molecule has 0 bridgehead atoms. The quantitative estimate of drug-likeness (QED) is 0.0366. The lowest BCUT2D eigenvalue weighted by atomic mass is 10.0. The minimum atomic E-state index is -1.16. The van der Waals surface area contributed by atoms with Crippen LogP contribution in [0.3, 0.4) is 0 Å². The number of amides is 1. The van der Waals surface area contributed by atoms with Gasteiger partial charge in [0.1, 0.15) is 6.10 Å². The highest BCUT2D eigenvalue weighted by Crippen LogP contribution is 2.16. The molecule has 3 unspecified atom stereocenters. The molecule has 0 radical (unpaired) electrons. The molecule has 0 saturated carbocycles. The minimum absolute atomic E-state index is 0.155. The summed E-state index contributed by atoms with van der Waals surface area (Å²) in [4.78, 5) is 12.4. The standard InChI is InChI=1S/C50H97NO4/c1-3-5-7-9-11-13-15-17-19-21-22-23-24-25-26-27-29-30-32-34-36-38-40-42-44-48(53)50(55)47(46-52)51-49(54)45-43-41-39-37-35-33-31-28-20-18-16-14-12-10-8-6-4-2/h29-30,36,38,47-48,50,52-53,55H,3-28,31-35,37,39-46H2,1-2H3,(H,51,54)/b30-29+,38-36+. The van der Waals surface area contributed by atoms with E-state index in [-0.39, 0.29) is 12.5 Å². The van der Waals surface area contributed by atoms with Crippen LogP contribution in [0.2, 0.25) is 0 Å². The second-order valence-corrected chi connectivity index (χ2v) is 17.0. The van der Waals surface area contributed by atoms with Crippen molar-refractivity contribution in [3.05, 3.63) is 24.3 Å². The van der Waals surface area contributed by atoms with Gasteiger partial charge in [0.05, 0.1) is 18.8 Å². The van der Waals surface area contributed by atoms with Gasteiger partial charge >= 0.3 is 0 Å². The van der Waals surface area contributed by atoms with Crippen molar-refractivity contribution >= 4 is 5.91 Å². The molecule has 0 rings (SSSR count). The second kappa shape index (κ2) is 45.5. The summed E-state index contributed by atoms with van der Waals surface area (Å²) in [5, 5.41) is 33.6. The predicted octanol–water partition coefficient (Wildman–Crippen LogP) is 14.6. The number of aliphatic hydroxyl groups is 3. The fourth-order valence-electron chi connectivity index (χ4n) is 7.71. The number of unbranched alkanes of at least 4 members (excludes halogenated alkanes) is 33. The van der Waals surface area contributed by atoms with Crippen LogP contribution in [0, 0.1) is 0 Å². The largest absolute Gasteiger partial charge is 0.394 e. The highest BCUT2D eigenvalue weighted by molar-refractivity contribution is 5.76. The molecule has 0 spiro atoms. The van der Waals surface area contributed by atoms with E-state index in [9.17, 15) is 20.1 Å². The first-order valence-corrected chi connectivity index (χ1v) is 24.6. The number of hydrogen-bond donors (Lipinski definition) is 4. The Hall–Kier alpha value is -1.17. The van der Waals surface area contributed by atoms with Gasteiger partial charge < -0.3 is 20.6 Å². The molecule has 0 aromatic carbocycles. The van der Waals surface area contributed by atoms with Crippen molar-refractivity contribution in [3.63, 3.8) is 0 Å². The van der Waals surface area contributed by atoms with E-state index in [0.717, 1.165) is 44.9 Å². The lowest BCUT2D eigenvalue weighted by molar-refractivity contribution is -0.124. The van der Waals surface area contributed by atoms with E-state index in [0.29, 0.717) is 12.8 Å². The lowest BCUT2D eigenvalue weighted by Gasteiger charge is -2.26. The molecule has 4 N–H and O–H groups in total. The van der Waals surface area contributed by atoms with Gasteiger partial charge in [-0.2, -0.15) is 0 Å². The number of carbonyl (C=O) groups excluding carboxylic acids is 1. The second-order valence-electron chi connectivity index (χ2n) is 17.0. The first-order valence-electron chi connectivity index (χ1n) is 24.6. The average Bonchev–Trinajstić information content (AvgIpc) is 3.19. The summed E-state index contributed by atoms with van der Waals surface area (Å²) in [6.45, 7) is 4.19. The SMILES string of the molecule is CCCCCCCCCCCCCCCCC/C=C/CC/C=C/CCCC(O)C(O)C(CO)NC(=O)CCCCCCCCCCCCCCCCCCC. The number of carbonyl (C=O) groups is 1. The Kier molecular flexibility index (Phi) is 44.6. The molecule has 3 atom stereocenters. The van der Waals surface area contributed by atoms with E-state index in [4.69, 9.17) is 0 Å². The molecule has 5 heteroatoms. The molecule has 0 saturated heterocycles. The molecule has 0 aliphatic rings. The first-order chi connectivity index (χ1) is 27.1. The zero-order valence-corrected chi connectivity index (χ0v) is 37.1. The van der Waals surface area contributed by atoms with Crippen molar-refractivity contribution in [2.75, 3.05) is 6.61 Å². The molecule has 5 nitrogen and oxygen atoms in total. The van der Waals surface area contributed by atoms with Crippen molar-refractivity contribution in [2.45, 2.75) is 283 Å². The van der Waals surface area contributed by atoms with E-state index in [1.807, 2.05) is 0 Å². The molecule has 0 fully saturated rings. The Balaban J connectivity index is 3.63. The van der Waals surface area contributed by atoms with Crippen molar-refractivity contribution in [3.8, 4) is 0 Å². The van der Waals surface area contributed by atoms with Gasteiger partial charge in [-0.15, -0.1) is 0 Å². The third kappa shape index (κ3) is 40.8. The summed E-state index contributed by atoms with van der Waals surface area (Å²) >= 11 is 0. The molecule has 55 heavy (non-hydrogen) atoms. The molecular weight excluding hydrogens is 679 g/mol. The lowest BCUT2D eigenvalue weighted by Crippen LogP contribution is -2.50. The molecule has 0 aromatic heterocycles. The fourth-order valence-corrected chi connectivity index (χ4v) is 7.71. The summed E-state index contributed by atoms with van der Waals surface area (Å²) in [6.07, 6.45) is 55.9. The normalized spacial score (nSPS) is 13.6. The topological polar surface area (TPSA) is 89.8 Å². The maximum absolute atomic E-state index is 12.4. The molecular formula is C50H97NO4. The third-order valence-electron chi connectivity index (χ3n) is 11.5. The highest BCUT2D eigenvalue weighted by Gasteiger charge is 2.26. The zero-order valence-electron chi connectivity index (χ0n) is 37.1. The summed E-state index contributed by atoms with van der Waals surface area (Å²) < 4.78 is 0. The zero-order chi connectivity index (χ0) is 40.1. The van der Waals surface area contributed by atoms with Crippen LogP contribution in [0.15, 0.2) is 24.3 Å². The van der Waals surface area contributed by atoms with E-state index in [1.54, 1.807) is 0 Å². The monoisotopic (exact) mass is 776 g/mol. The molecule has 1 amide bonds. The van der Waals surface area contributed by atoms with Crippen molar-refractivity contribution in [1.29, 1.82) is 0 Å². The number of hydrogen-bond acceptors (Lipinski definition) is 4. The van der Waals surface area contributed by atoms with E-state index >= 15 is 0 Å². The van der Waals surface area contributed by atoms with Crippen LogP contribution < -0.4 is 5.32 Å². The Morgan fingerprint density at radius 3 is 1.11 bits per heavy atom. The number of nitrogens with one attached hydrogen (secondary N) is 1. The van der Waals surface area contributed by atoms with Gasteiger partial charge in [0.15, 0.2) is 0 Å². The first kappa shape index (κ1) is 53.8. The van der Waals surface area contributed by atoms with Gasteiger partial charge in [0.25, 0.3) is 0 Å². The number of aliphatic hydroxyl groups excluding tert-OH is 3. The van der Waals surface area contributed by atoms with Crippen LogP contribution in [0.1, 0.15) is 264 Å². The Morgan fingerprint density at radius 1 is 0.436 bits per heavy atom. The van der Waals surface area contributed by atoms with Crippen LogP contribution >= 0.6 is 0 Å². The Bertz CT molecular complexity index is 814. The van der Waals surface area contributed by atoms with Gasteiger partial charge in [0, 0.05) is 6.42 Å². The number of rotatable bonds is 45. The van der Waals surface area contributed by atoms with E-state index in [1.165, 1.54) is 193 Å². The molecule has 326 valence electrons. The van der Waals surface area contributed by atoms with Gasteiger partial charge in [-0.3, -0.25) is 4.79 Å². The maximum atomic E-state index is 12.4. The van der Waals surface area contributed by atoms with Crippen molar-refractivity contribution in [2.24, 2.45) is 0 Å². The van der Waals surface area contributed by atoms with Gasteiger partial charge in [-0.25, -0.2) is 0 Å². The van der Waals surface area contributed by atoms with Gasteiger partial charge in [0.2, 0.25) is 5.91 Å². The van der Waals surface area contributed by atoms with Crippen LogP contribution in [0.4, 0.5) is 0 Å². The molecule has 0 aliphatic heterocycles. The Morgan fingerprint density at radius 2 is 0.745 bits per heavy atom. The minimum Gasteiger partial charge on any atom is -0.394 e. The Labute approximate surface area is 343 Å². The van der Waals surface area contributed by atoms with Crippen LogP contribution in [-0.4, -0.2) is 46.1 Å². The highest BCUT2D eigenvalue weighted by atomic mass is 16.3. The summed E-state index contributed by atoms with van der Waals surface area (Å²) in [5.41, 5.74) is 0. The molecule has 0 aliphatic carbocycles. The van der Waals surface area contributed by atoms with Crippen molar-refractivity contribution in [1.82, 2.24) is 5.32 Å². The predicted molar refractivity (Wildman–Crippen MR) is 241 cm³/mol. The smallest absolute Gasteiger partial charge is 0.220 e. The summed E-state index contributed by atoms with van der Waals surface area (Å²) in [6, 6.07) is -0.829. The van der Waals surface area contributed by atoms with Gasteiger partial charge in [-0.05, 0) is 51.4 Å². The fraction of sp³-hybridized carbons (Fsp3) is 0.900. The van der Waals surface area contributed by atoms with Crippen LogP contribution in [0.25, 0.3) is 0 Å². The molecule has 0 aromatic rings. The summed E-state index contributed by atoms with van der Waals surface area (Å²) in [7, 11) is 0. The third-order valence-corrected chi connectivity index (χ3v) is 11.5. The summed E-state index contributed by atoms with van der Waals surface area (Å²) in [5.74, 6) is -0.155. The van der Waals surface area contributed by atoms with E-state index < -0.39 is 18.2 Å². The maximum Gasteiger partial charge on any atom is 0.220 e.